The zero-order valence-electron chi connectivity index (χ0n) is 16.2. The third-order valence-corrected chi connectivity index (χ3v) is 5.85. The summed E-state index contributed by atoms with van der Waals surface area (Å²) in [5.74, 6) is -1.72. The van der Waals surface area contributed by atoms with E-state index in [1.54, 1.807) is 24.3 Å². The van der Waals surface area contributed by atoms with E-state index in [1.807, 2.05) is 6.07 Å². The van der Waals surface area contributed by atoms with E-state index in [2.05, 4.69) is 18.8 Å². The Bertz CT molecular complexity index is 1050. The number of anilines is 1. The van der Waals surface area contributed by atoms with E-state index >= 15 is 0 Å². The van der Waals surface area contributed by atoms with Gasteiger partial charge in [-0.15, -0.1) is 0 Å². The molecular formula is C21H21F2N4OS+. The van der Waals surface area contributed by atoms with E-state index < -0.39 is 11.6 Å². The van der Waals surface area contributed by atoms with Gasteiger partial charge in [0, 0.05) is 11.6 Å². The molecule has 1 amide bonds. The molecule has 29 heavy (non-hydrogen) atoms. The minimum Gasteiger partial charge on any atom is -0.334 e. The molecule has 0 bridgehead atoms. The summed E-state index contributed by atoms with van der Waals surface area (Å²) in [5.41, 5.74) is 0.918. The minimum absolute atomic E-state index is 0.0548. The lowest BCUT2D eigenvalue weighted by Crippen LogP contribution is -3.12. The maximum Gasteiger partial charge on any atom is 0.260 e. The summed E-state index contributed by atoms with van der Waals surface area (Å²) in [7, 11) is 0. The molecule has 1 heterocycles. The number of nitrogens with one attached hydrogen (secondary N) is 1. The number of quaternary nitrogens is 1. The van der Waals surface area contributed by atoms with E-state index in [0.717, 1.165) is 30.5 Å². The van der Waals surface area contributed by atoms with Crippen molar-refractivity contribution < 1.29 is 18.5 Å². The van der Waals surface area contributed by atoms with E-state index in [4.69, 9.17) is 5.26 Å². The summed E-state index contributed by atoms with van der Waals surface area (Å²) in [6.07, 6.45) is 0. The molecule has 0 aliphatic heterocycles. The van der Waals surface area contributed by atoms with Gasteiger partial charge in [0.2, 0.25) is 0 Å². The highest BCUT2D eigenvalue weighted by molar-refractivity contribution is 7.22. The van der Waals surface area contributed by atoms with Gasteiger partial charge >= 0.3 is 0 Å². The molecular weight excluding hydrogens is 394 g/mol. The van der Waals surface area contributed by atoms with Crippen molar-refractivity contribution in [2.45, 2.75) is 13.8 Å². The second-order valence-electron chi connectivity index (χ2n) is 6.58. The number of amides is 1. The zero-order valence-corrected chi connectivity index (χ0v) is 17.0. The fraction of sp³-hybridized carbons (Fsp3) is 0.286. The van der Waals surface area contributed by atoms with Crippen molar-refractivity contribution in [3.05, 3.63) is 59.2 Å². The van der Waals surface area contributed by atoms with E-state index in [-0.39, 0.29) is 11.4 Å². The highest BCUT2D eigenvalue weighted by Crippen LogP contribution is 2.31. The molecule has 0 saturated carbocycles. The Morgan fingerprint density at radius 2 is 1.90 bits per heavy atom. The van der Waals surface area contributed by atoms with Crippen molar-refractivity contribution in [1.82, 2.24) is 4.98 Å². The monoisotopic (exact) mass is 415 g/mol. The Kier molecular flexibility index (Phi) is 6.52. The van der Waals surface area contributed by atoms with Crippen molar-refractivity contribution in [3.63, 3.8) is 0 Å². The third-order valence-electron chi connectivity index (χ3n) is 4.83. The SMILES string of the molecule is CC[NH+](CC)CCN(C(=O)c1ccc(C#N)cc1)c1nc2c(F)cc(F)cc2s1. The van der Waals surface area contributed by atoms with Gasteiger partial charge in [-0.3, -0.25) is 9.69 Å². The van der Waals surface area contributed by atoms with Crippen LogP contribution in [0.4, 0.5) is 13.9 Å². The molecule has 0 fully saturated rings. The molecule has 5 nitrogen and oxygen atoms in total. The van der Waals surface area contributed by atoms with Crippen LogP contribution in [0.15, 0.2) is 36.4 Å². The second-order valence-corrected chi connectivity index (χ2v) is 7.59. The van der Waals surface area contributed by atoms with Crippen molar-refractivity contribution >= 4 is 32.6 Å². The van der Waals surface area contributed by atoms with Crippen molar-refractivity contribution in [3.8, 4) is 6.07 Å². The lowest BCUT2D eigenvalue weighted by atomic mass is 10.1. The number of likely N-dealkylation sites (N-methyl/N-ethyl adjacent to an activating group) is 1. The number of fused-ring (bicyclic) bond motifs is 1. The number of carbonyl (C=O) groups is 1. The first-order valence-electron chi connectivity index (χ1n) is 9.38. The molecule has 150 valence electrons. The average Bonchev–Trinajstić information content (AvgIpc) is 3.15. The molecule has 1 N–H and O–H groups in total. The van der Waals surface area contributed by atoms with Gasteiger partial charge in [0.25, 0.3) is 5.91 Å². The molecule has 2 aromatic carbocycles. The number of carbonyl (C=O) groups excluding carboxylic acids is 1. The number of thiazole rings is 1. The smallest absolute Gasteiger partial charge is 0.260 e. The van der Waals surface area contributed by atoms with Crippen molar-refractivity contribution in [2.24, 2.45) is 0 Å². The largest absolute Gasteiger partial charge is 0.334 e. The topological polar surface area (TPSA) is 61.4 Å². The molecule has 1 aromatic heterocycles. The van der Waals surface area contributed by atoms with Crippen LogP contribution < -0.4 is 9.80 Å². The Morgan fingerprint density at radius 1 is 1.21 bits per heavy atom. The standard InChI is InChI=1S/C21H20F2N4OS/c1-3-26(4-2)9-10-27(20(28)15-7-5-14(13-24)6-8-15)21-25-19-17(23)11-16(22)12-18(19)29-21/h5-8,11-12H,3-4,9-10H2,1-2H3/p+1. The molecule has 0 atom stereocenters. The highest BCUT2D eigenvalue weighted by atomic mass is 32.1. The van der Waals surface area contributed by atoms with Crippen LogP contribution in [0.1, 0.15) is 29.8 Å². The fourth-order valence-electron chi connectivity index (χ4n) is 3.06. The van der Waals surface area contributed by atoms with E-state index in [1.165, 1.54) is 15.9 Å². The van der Waals surface area contributed by atoms with Gasteiger partial charge in [-0.2, -0.15) is 5.26 Å². The van der Waals surface area contributed by atoms with Crippen LogP contribution in [0.2, 0.25) is 0 Å². The number of nitrogens with zero attached hydrogens (tertiary/aromatic N) is 3. The van der Waals surface area contributed by atoms with Crippen LogP contribution in [0, 0.1) is 23.0 Å². The van der Waals surface area contributed by atoms with Crippen LogP contribution in [0.25, 0.3) is 10.2 Å². The quantitative estimate of drug-likeness (QED) is 0.645. The number of hydrogen-bond donors (Lipinski definition) is 1. The van der Waals surface area contributed by atoms with E-state index in [0.29, 0.717) is 34.0 Å². The lowest BCUT2D eigenvalue weighted by molar-refractivity contribution is -0.894. The van der Waals surface area contributed by atoms with Gasteiger partial charge in [-0.1, -0.05) is 11.3 Å². The Labute approximate surface area is 171 Å². The molecule has 0 saturated heterocycles. The molecule has 0 aliphatic rings. The number of nitriles is 1. The van der Waals surface area contributed by atoms with Crippen molar-refractivity contribution in [1.29, 1.82) is 5.26 Å². The molecule has 3 rings (SSSR count). The van der Waals surface area contributed by atoms with Crippen LogP contribution in [-0.2, 0) is 0 Å². The first-order chi connectivity index (χ1) is 14.0. The van der Waals surface area contributed by atoms with Crippen LogP contribution >= 0.6 is 11.3 Å². The molecule has 0 aliphatic carbocycles. The van der Waals surface area contributed by atoms with Gasteiger partial charge in [-0.05, 0) is 44.2 Å². The first-order valence-corrected chi connectivity index (χ1v) is 10.2. The summed E-state index contributed by atoms with van der Waals surface area (Å²) in [5, 5.41) is 9.28. The Morgan fingerprint density at radius 3 is 2.52 bits per heavy atom. The summed E-state index contributed by atoms with van der Waals surface area (Å²) in [4.78, 5) is 20.3. The van der Waals surface area contributed by atoms with Crippen LogP contribution in [-0.4, -0.2) is 37.1 Å². The number of hydrogen-bond acceptors (Lipinski definition) is 4. The minimum atomic E-state index is -0.748. The van der Waals surface area contributed by atoms with Gasteiger partial charge in [0.1, 0.15) is 11.3 Å². The molecule has 0 spiro atoms. The Balaban J connectivity index is 1.99. The number of benzene rings is 2. The zero-order chi connectivity index (χ0) is 21.0. The molecule has 0 radical (unpaired) electrons. The lowest BCUT2D eigenvalue weighted by Gasteiger charge is -2.23. The summed E-state index contributed by atoms with van der Waals surface area (Å²) >= 11 is 1.08. The molecule has 8 heteroatoms. The maximum absolute atomic E-state index is 14.1. The summed E-state index contributed by atoms with van der Waals surface area (Å²) in [6, 6.07) is 10.4. The van der Waals surface area contributed by atoms with Crippen LogP contribution in [0.5, 0.6) is 0 Å². The maximum atomic E-state index is 14.1. The number of aromatic nitrogens is 1. The third kappa shape index (κ3) is 4.58. The van der Waals surface area contributed by atoms with Gasteiger partial charge in [0.05, 0.1) is 42.5 Å². The van der Waals surface area contributed by atoms with Crippen LogP contribution in [0.3, 0.4) is 0 Å². The van der Waals surface area contributed by atoms with Crippen molar-refractivity contribution in [2.75, 3.05) is 31.1 Å². The predicted octanol–water partition coefficient (Wildman–Crippen LogP) is 3.02. The second kappa shape index (κ2) is 9.07. The van der Waals surface area contributed by atoms with E-state index in [9.17, 15) is 13.6 Å². The summed E-state index contributed by atoms with van der Waals surface area (Å²) in [6.45, 7) is 7.05. The Hall–Kier alpha value is -2.89. The summed E-state index contributed by atoms with van der Waals surface area (Å²) < 4.78 is 28.0. The molecule has 0 unspecified atom stereocenters. The first kappa shape index (κ1) is 20.8. The molecule has 3 aromatic rings. The van der Waals surface area contributed by atoms with Gasteiger partial charge < -0.3 is 4.90 Å². The average molecular weight is 415 g/mol. The number of halogens is 2. The van der Waals surface area contributed by atoms with Gasteiger partial charge in [-0.25, -0.2) is 13.8 Å². The normalized spacial score (nSPS) is 11.0. The highest BCUT2D eigenvalue weighted by Gasteiger charge is 2.24. The number of rotatable bonds is 7. The van der Waals surface area contributed by atoms with Gasteiger partial charge in [0.15, 0.2) is 10.9 Å². The fourth-order valence-corrected chi connectivity index (χ4v) is 4.09. The predicted molar refractivity (Wildman–Crippen MR) is 109 cm³/mol.